The molecule has 1 saturated carbocycles. The number of ether oxygens (including phenoxy) is 2. The fourth-order valence-corrected chi connectivity index (χ4v) is 4.86. The van der Waals surface area contributed by atoms with Gasteiger partial charge in [-0.1, -0.05) is 25.0 Å². The third-order valence-electron chi connectivity index (χ3n) is 5.97. The van der Waals surface area contributed by atoms with Crippen LogP contribution in [0.4, 0.5) is 0 Å². The molecule has 4 heteroatoms. The van der Waals surface area contributed by atoms with Gasteiger partial charge in [0.1, 0.15) is 5.60 Å². The van der Waals surface area contributed by atoms with Crippen LogP contribution in [0, 0.1) is 5.92 Å². The molecule has 0 N–H and O–H groups in total. The highest BCUT2D eigenvalue weighted by Crippen LogP contribution is 2.42. The van der Waals surface area contributed by atoms with Crippen molar-refractivity contribution < 1.29 is 14.3 Å². The number of hydrogen-bond donors (Lipinski definition) is 0. The van der Waals surface area contributed by atoms with Crippen LogP contribution in [-0.2, 0) is 11.2 Å². The van der Waals surface area contributed by atoms with E-state index in [1.807, 2.05) is 12.1 Å². The van der Waals surface area contributed by atoms with Gasteiger partial charge in [-0.05, 0) is 51.5 Å². The molecule has 136 valence electrons. The molecule has 1 aliphatic carbocycles. The minimum atomic E-state index is -0.200. The number of hydrogen-bond acceptors (Lipinski definition) is 3. The van der Waals surface area contributed by atoms with Crippen molar-refractivity contribution in [3.05, 3.63) is 23.8 Å². The first-order valence-electron chi connectivity index (χ1n) is 9.77. The van der Waals surface area contributed by atoms with Gasteiger partial charge in [-0.3, -0.25) is 4.79 Å². The summed E-state index contributed by atoms with van der Waals surface area (Å²) in [6, 6.07) is 6.42. The minimum absolute atomic E-state index is 0.115. The molecule has 4 rings (SSSR count). The standard InChI is InChI=1S/C21H29NO3/c1-21(2)13-16-8-5-11-18(20(16)25-21)24-14-19(23)22-12-6-9-15-7-3-4-10-17(15)22/h5,8,11,15,17H,3-4,6-7,9-10,12-14H2,1-2H3. The lowest BCUT2D eigenvalue weighted by Gasteiger charge is -2.44. The van der Waals surface area contributed by atoms with Gasteiger partial charge >= 0.3 is 0 Å². The van der Waals surface area contributed by atoms with Crippen LogP contribution in [0.1, 0.15) is 57.9 Å². The number of fused-ring (bicyclic) bond motifs is 2. The van der Waals surface area contributed by atoms with E-state index in [9.17, 15) is 4.79 Å². The Kier molecular flexibility index (Phi) is 4.38. The Morgan fingerprint density at radius 3 is 2.92 bits per heavy atom. The van der Waals surface area contributed by atoms with Gasteiger partial charge in [0.25, 0.3) is 5.91 Å². The number of benzene rings is 1. The third-order valence-corrected chi connectivity index (χ3v) is 5.97. The fraction of sp³-hybridized carbons (Fsp3) is 0.667. The number of para-hydroxylation sites is 1. The van der Waals surface area contributed by atoms with E-state index in [-0.39, 0.29) is 18.1 Å². The van der Waals surface area contributed by atoms with Crippen LogP contribution in [0.25, 0.3) is 0 Å². The van der Waals surface area contributed by atoms with Gasteiger partial charge in [-0.15, -0.1) is 0 Å². The van der Waals surface area contributed by atoms with E-state index < -0.39 is 0 Å². The molecule has 4 nitrogen and oxygen atoms in total. The largest absolute Gasteiger partial charge is 0.483 e. The highest BCUT2D eigenvalue weighted by molar-refractivity contribution is 5.78. The predicted molar refractivity (Wildman–Crippen MR) is 97.0 cm³/mol. The topological polar surface area (TPSA) is 38.8 Å². The van der Waals surface area contributed by atoms with Crippen LogP contribution < -0.4 is 9.47 Å². The highest BCUT2D eigenvalue weighted by atomic mass is 16.5. The Morgan fingerprint density at radius 2 is 2.04 bits per heavy atom. The van der Waals surface area contributed by atoms with Crippen molar-refractivity contribution in [3.63, 3.8) is 0 Å². The Morgan fingerprint density at radius 1 is 1.24 bits per heavy atom. The Balaban J connectivity index is 1.42. The molecule has 25 heavy (non-hydrogen) atoms. The van der Waals surface area contributed by atoms with E-state index in [1.165, 1.54) is 31.2 Å². The fourth-order valence-electron chi connectivity index (χ4n) is 4.86. The second-order valence-corrected chi connectivity index (χ2v) is 8.41. The van der Waals surface area contributed by atoms with Gasteiger partial charge < -0.3 is 14.4 Å². The summed E-state index contributed by atoms with van der Waals surface area (Å²) in [6.45, 7) is 5.17. The van der Waals surface area contributed by atoms with Gasteiger partial charge in [0.15, 0.2) is 18.1 Å². The zero-order chi connectivity index (χ0) is 17.4. The molecule has 3 aliphatic rings. The second-order valence-electron chi connectivity index (χ2n) is 8.41. The first-order chi connectivity index (χ1) is 12.0. The molecule has 1 aromatic rings. The molecule has 1 aromatic carbocycles. The lowest BCUT2D eigenvalue weighted by atomic mass is 9.78. The summed E-state index contributed by atoms with van der Waals surface area (Å²) in [6.07, 6.45) is 8.31. The number of carbonyl (C=O) groups excluding carboxylic acids is 1. The number of amides is 1. The number of nitrogens with zero attached hydrogens (tertiary/aromatic N) is 1. The summed E-state index contributed by atoms with van der Waals surface area (Å²) in [5.41, 5.74) is 0.967. The molecule has 2 heterocycles. The van der Waals surface area contributed by atoms with Crippen LogP contribution in [0.15, 0.2) is 18.2 Å². The molecule has 0 radical (unpaired) electrons. The van der Waals surface area contributed by atoms with Crippen molar-refractivity contribution in [3.8, 4) is 11.5 Å². The van der Waals surface area contributed by atoms with E-state index in [2.05, 4.69) is 24.8 Å². The van der Waals surface area contributed by atoms with Gasteiger partial charge in [0.05, 0.1) is 0 Å². The molecule has 0 aromatic heterocycles. The van der Waals surface area contributed by atoms with Gasteiger partial charge in [0, 0.05) is 24.6 Å². The molecule has 2 fully saturated rings. The molecular weight excluding hydrogens is 314 g/mol. The number of carbonyl (C=O) groups is 1. The lowest BCUT2D eigenvalue weighted by Crippen LogP contribution is -2.51. The van der Waals surface area contributed by atoms with Crippen LogP contribution in [0.3, 0.4) is 0 Å². The average Bonchev–Trinajstić information content (AvgIpc) is 2.93. The van der Waals surface area contributed by atoms with Crippen molar-refractivity contribution >= 4 is 5.91 Å². The smallest absolute Gasteiger partial charge is 0.260 e. The van der Waals surface area contributed by atoms with Gasteiger partial charge in [-0.2, -0.15) is 0 Å². The first kappa shape index (κ1) is 16.7. The van der Waals surface area contributed by atoms with Crippen molar-refractivity contribution in [1.82, 2.24) is 4.90 Å². The quantitative estimate of drug-likeness (QED) is 0.834. The molecule has 1 saturated heterocycles. The Hall–Kier alpha value is -1.71. The summed E-state index contributed by atoms with van der Waals surface area (Å²) in [4.78, 5) is 14.9. The molecule has 2 atom stereocenters. The van der Waals surface area contributed by atoms with Crippen molar-refractivity contribution in [2.45, 2.75) is 70.4 Å². The molecular formula is C21H29NO3. The van der Waals surface area contributed by atoms with Gasteiger partial charge in [-0.25, -0.2) is 0 Å². The minimum Gasteiger partial charge on any atom is -0.483 e. The maximum absolute atomic E-state index is 12.8. The zero-order valence-electron chi connectivity index (χ0n) is 15.4. The van der Waals surface area contributed by atoms with Crippen LogP contribution >= 0.6 is 0 Å². The van der Waals surface area contributed by atoms with Gasteiger partial charge in [0.2, 0.25) is 0 Å². The van der Waals surface area contributed by atoms with E-state index in [1.54, 1.807) is 0 Å². The normalized spacial score (nSPS) is 27.2. The Labute approximate surface area is 150 Å². The Bertz CT molecular complexity index is 653. The van der Waals surface area contributed by atoms with Crippen molar-refractivity contribution in [2.75, 3.05) is 13.2 Å². The maximum Gasteiger partial charge on any atom is 0.260 e. The predicted octanol–water partition coefficient (Wildman–Crippen LogP) is 3.96. The summed E-state index contributed by atoms with van der Waals surface area (Å²) < 4.78 is 12.0. The summed E-state index contributed by atoms with van der Waals surface area (Å²) >= 11 is 0. The summed E-state index contributed by atoms with van der Waals surface area (Å²) in [5.74, 6) is 2.35. The molecule has 2 unspecified atom stereocenters. The third kappa shape index (κ3) is 3.36. The summed E-state index contributed by atoms with van der Waals surface area (Å²) in [5, 5.41) is 0. The average molecular weight is 343 g/mol. The van der Waals surface area contributed by atoms with Crippen LogP contribution in [-0.4, -0.2) is 35.6 Å². The number of likely N-dealkylation sites (tertiary alicyclic amines) is 1. The number of rotatable bonds is 3. The molecule has 0 bridgehead atoms. The zero-order valence-corrected chi connectivity index (χ0v) is 15.4. The van der Waals surface area contributed by atoms with E-state index in [0.717, 1.165) is 31.6 Å². The van der Waals surface area contributed by atoms with Crippen LogP contribution in [0.5, 0.6) is 11.5 Å². The van der Waals surface area contributed by atoms with E-state index in [4.69, 9.17) is 9.47 Å². The first-order valence-corrected chi connectivity index (χ1v) is 9.77. The SMILES string of the molecule is CC1(C)Cc2cccc(OCC(=O)N3CCCC4CCCCC43)c2O1. The van der Waals surface area contributed by atoms with E-state index in [0.29, 0.717) is 17.7 Å². The molecule has 0 spiro atoms. The van der Waals surface area contributed by atoms with E-state index >= 15 is 0 Å². The maximum atomic E-state index is 12.8. The lowest BCUT2D eigenvalue weighted by molar-refractivity contribution is -0.139. The molecule has 2 aliphatic heterocycles. The monoisotopic (exact) mass is 343 g/mol. The number of piperidine rings is 1. The summed E-state index contributed by atoms with van der Waals surface area (Å²) in [7, 11) is 0. The molecule has 1 amide bonds. The van der Waals surface area contributed by atoms with Crippen molar-refractivity contribution in [2.24, 2.45) is 5.92 Å². The highest BCUT2D eigenvalue weighted by Gasteiger charge is 2.36. The van der Waals surface area contributed by atoms with Crippen molar-refractivity contribution in [1.29, 1.82) is 0 Å². The second kappa shape index (κ2) is 6.54. The van der Waals surface area contributed by atoms with Crippen LogP contribution in [0.2, 0.25) is 0 Å².